The summed E-state index contributed by atoms with van der Waals surface area (Å²) < 4.78 is 12.5. The quantitative estimate of drug-likeness (QED) is 0.266. The molecule has 4 rings (SSSR count). The van der Waals surface area contributed by atoms with E-state index in [0.717, 1.165) is 25.8 Å². The van der Waals surface area contributed by atoms with Gasteiger partial charge < -0.3 is 9.47 Å². The Morgan fingerprint density at radius 2 is 1.83 bits per heavy atom. The highest BCUT2D eigenvalue weighted by Gasteiger charge is 2.24. The second-order valence-electron chi connectivity index (χ2n) is 6.66. The van der Waals surface area contributed by atoms with Crippen LogP contribution >= 0.6 is 22.6 Å². The monoisotopic (exact) mass is 495 g/mol. The molecule has 5 heteroatoms. The summed E-state index contributed by atoms with van der Waals surface area (Å²) in [5.41, 5.74) is 4.02. The molecule has 0 N–H and O–H groups in total. The first-order valence-electron chi connectivity index (χ1n) is 9.14. The van der Waals surface area contributed by atoms with Crippen LogP contribution in [0.2, 0.25) is 0 Å². The van der Waals surface area contributed by atoms with Gasteiger partial charge in [-0.05, 0) is 71.5 Å². The number of carbonyl (C=O) groups is 1. The van der Waals surface area contributed by atoms with E-state index in [1.54, 1.807) is 6.08 Å². The van der Waals surface area contributed by atoms with Gasteiger partial charge in [-0.1, -0.05) is 48.0 Å². The maximum absolute atomic E-state index is 12.3. The van der Waals surface area contributed by atoms with Gasteiger partial charge >= 0.3 is 5.97 Å². The highest BCUT2D eigenvalue weighted by atomic mass is 127. The third-order valence-electron chi connectivity index (χ3n) is 4.41. The van der Waals surface area contributed by atoms with Gasteiger partial charge in [-0.15, -0.1) is 0 Å². The lowest BCUT2D eigenvalue weighted by Crippen LogP contribution is -2.05. The van der Waals surface area contributed by atoms with Gasteiger partial charge in [0.25, 0.3) is 0 Å². The average Bonchev–Trinajstić information content (AvgIpc) is 3.08. The lowest BCUT2D eigenvalue weighted by atomic mass is 10.1. The Morgan fingerprint density at radius 3 is 2.62 bits per heavy atom. The van der Waals surface area contributed by atoms with Crippen molar-refractivity contribution >= 4 is 40.5 Å². The molecule has 0 radical (unpaired) electrons. The minimum absolute atomic E-state index is 0.255. The summed E-state index contributed by atoms with van der Waals surface area (Å²) in [4.78, 5) is 16.7. The van der Waals surface area contributed by atoms with Crippen LogP contribution in [0.5, 0.6) is 5.75 Å². The van der Waals surface area contributed by atoms with Crippen LogP contribution in [0.25, 0.3) is 6.08 Å². The molecule has 0 fully saturated rings. The zero-order chi connectivity index (χ0) is 20.2. The molecule has 0 saturated heterocycles. The van der Waals surface area contributed by atoms with Gasteiger partial charge in [0.2, 0.25) is 5.90 Å². The smallest absolute Gasteiger partial charge is 0.363 e. The molecule has 0 spiro atoms. The zero-order valence-electron chi connectivity index (χ0n) is 15.8. The standard InChI is InChI=1S/C24H18INO3/c1-16-9-11-18(12-10-16)23-26-21(24(27)29-23)14-19-6-2-3-8-22(19)28-15-17-5-4-7-20(25)13-17/h2-14H,15H2,1H3/b21-14-. The number of hydrogen-bond acceptors (Lipinski definition) is 4. The number of para-hydroxylation sites is 1. The number of esters is 1. The first kappa shape index (κ1) is 19.4. The molecule has 0 unspecified atom stereocenters. The van der Waals surface area contributed by atoms with Crippen molar-refractivity contribution in [1.29, 1.82) is 0 Å². The molecule has 144 valence electrons. The highest BCUT2D eigenvalue weighted by molar-refractivity contribution is 14.1. The van der Waals surface area contributed by atoms with Crippen LogP contribution in [-0.4, -0.2) is 11.9 Å². The first-order chi connectivity index (χ1) is 14.1. The van der Waals surface area contributed by atoms with E-state index in [2.05, 4.69) is 33.6 Å². The van der Waals surface area contributed by atoms with Gasteiger partial charge in [0.1, 0.15) is 12.4 Å². The first-order valence-corrected chi connectivity index (χ1v) is 10.2. The third kappa shape index (κ3) is 4.74. The molecule has 0 aromatic heterocycles. The van der Waals surface area contributed by atoms with Crippen molar-refractivity contribution < 1.29 is 14.3 Å². The number of aryl methyl sites for hydroxylation is 1. The van der Waals surface area contributed by atoms with Gasteiger partial charge in [-0.2, -0.15) is 0 Å². The highest BCUT2D eigenvalue weighted by Crippen LogP contribution is 2.25. The Balaban J connectivity index is 1.57. The summed E-state index contributed by atoms with van der Waals surface area (Å²) in [6.07, 6.45) is 1.70. The lowest BCUT2D eigenvalue weighted by Gasteiger charge is -2.09. The minimum atomic E-state index is -0.465. The number of nitrogens with zero attached hydrogens (tertiary/aromatic N) is 1. The molecule has 0 saturated carbocycles. The molecular formula is C24H18INO3. The summed E-state index contributed by atoms with van der Waals surface area (Å²) in [5.74, 6) is 0.539. The van der Waals surface area contributed by atoms with Crippen LogP contribution in [0.3, 0.4) is 0 Å². The van der Waals surface area contributed by atoms with Crippen LogP contribution in [0.1, 0.15) is 22.3 Å². The number of hydrogen-bond donors (Lipinski definition) is 0. The van der Waals surface area contributed by atoms with Gasteiger partial charge in [0, 0.05) is 14.7 Å². The van der Waals surface area contributed by atoms with E-state index in [1.807, 2.05) is 73.7 Å². The summed E-state index contributed by atoms with van der Waals surface area (Å²) >= 11 is 2.28. The average molecular weight is 495 g/mol. The number of carbonyl (C=O) groups excluding carboxylic acids is 1. The summed E-state index contributed by atoms with van der Waals surface area (Å²) in [6.45, 7) is 2.45. The summed E-state index contributed by atoms with van der Waals surface area (Å²) in [7, 11) is 0. The molecule has 1 aliphatic heterocycles. The predicted octanol–water partition coefficient (Wildman–Crippen LogP) is 5.52. The third-order valence-corrected chi connectivity index (χ3v) is 5.08. The SMILES string of the molecule is Cc1ccc(C2=N/C(=C\c3ccccc3OCc3cccc(I)c3)C(=O)O2)cc1. The molecule has 0 aliphatic carbocycles. The van der Waals surface area contributed by atoms with Gasteiger partial charge in [0.15, 0.2) is 5.70 Å². The van der Waals surface area contributed by atoms with Crippen LogP contribution in [0.15, 0.2) is 83.5 Å². The van der Waals surface area contributed by atoms with E-state index in [4.69, 9.17) is 9.47 Å². The number of cyclic esters (lactones) is 1. The van der Waals surface area contributed by atoms with Crippen molar-refractivity contribution in [2.75, 3.05) is 0 Å². The van der Waals surface area contributed by atoms with Crippen molar-refractivity contribution in [1.82, 2.24) is 0 Å². The Bertz CT molecular complexity index is 1120. The normalized spacial score (nSPS) is 14.6. The van der Waals surface area contributed by atoms with Gasteiger partial charge in [0.05, 0.1) is 0 Å². The van der Waals surface area contributed by atoms with Gasteiger partial charge in [-0.25, -0.2) is 9.79 Å². The predicted molar refractivity (Wildman–Crippen MR) is 122 cm³/mol. The number of aliphatic imine (C=N–C) groups is 1. The molecule has 29 heavy (non-hydrogen) atoms. The topological polar surface area (TPSA) is 47.9 Å². The molecule has 0 atom stereocenters. The maximum Gasteiger partial charge on any atom is 0.363 e. The van der Waals surface area contributed by atoms with E-state index < -0.39 is 5.97 Å². The number of benzene rings is 3. The van der Waals surface area contributed by atoms with Crippen molar-refractivity contribution in [3.05, 3.63) is 104 Å². The maximum atomic E-state index is 12.3. The van der Waals surface area contributed by atoms with Gasteiger partial charge in [-0.3, -0.25) is 0 Å². The fourth-order valence-electron chi connectivity index (χ4n) is 2.90. The molecule has 3 aromatic carbocycles. The summed E-state index contributed by atoms with van der Waals surface area (Å²) in [5, 5.41) is 0. The second-order valence-corrected chi connectivity index (χ2v) is 7.90. The van der Waals surface area contributed by atoms with E-state index in [9.17, 15) is 4.79 Å². The lowest BCUT2D eigenvalue weighted by molar-refractivity contribution is -0.129. The largest absolute Gasteiger partial charge is 0.488 e. The molecule has 0 bridgehead atoms. The van der Waals surface area contributed by atoms with Crippen LogP contribution in [-0.2, 0) is 16.1 Å². The number of halogens is 1. The van der Waals surface area contributed by atoms with E-state index in [-0.39, 0.29) is 5.70 Å². The number of rotatable bonds is 5. The van der Waals surface area contributed by atoms with Crippen molar-refractivity contribution in [2.24, 2.45) is 4.99 Å². The molecule has 1 aliphatic rings. The van der Waals surface area contributed by atoms with Crippen molar-refractivity contribution in [3.8, 4) is 5.75 Å². The second kappa shape index (κ2) is 8.61. The number of ether oxygens (including phenoxy) is 2. The molecular weight excluding hydrogens is 477 g/mol. The molecule has 0 amide bonds. The van der Waals surface area contributed by atoms with Crippen molar-refractivity contribution in [2.45, 2.75) is 13.5 Å². The van der Waals surface area contributed by atoms with Crippen LogP contribution in [0.4, 0.5) is 0 Å². The Labute approximate surface area is 183 Å². The van der Waals surface area contributed by atoms with E-state index in [0.29, 0.717) is 18.3 Å². The molecule has 1 heterocycles. The zero-order valence-corrected chi connectivity index (χ0v) is 17.9. The van der Waals surface area contributed by atoms with Crippen LogP contribution in [0, 0.1) is 10.5 Å². The Kier molecular flexibility index (Phi) is 5.76. The minimum Gasteiger partial charge on any atom is -0.488 e. The Hall–Kier alpha value is -2.93. The Morgan fingerprint density at radius 1 is 1.03 bits per heavy atom. The summed E-state index contributed by atoms with van der Waals surface area (Å²) in [6, 6.07) is 23.4. The van der Waals surface area contributed by atoms with Crippen molar-refractivity contribution in [3.63, 3.8) is 0 Å². The molecule has 4 nitrogen and oxygen atoms in total. The molecule has 3 aromatic rings. The fourth-order valence-corrected chi connectivity index (χ4v) is 3.50. The fraction of sp³-hybridized carbons (Fsp3) is 0.0833. The van der Waals surface area contributed by atoms with E-state index in [1.165, 1.54) is 0 Å². The van der Waals surface area contributed by atoms with Crippen LogP contribution < -0.4 is 4.74 Å². The van der Waals surface area contributed by atoms with E-state index >= 15 is 0 Å².